The molecule has 0 heterocycles. The van der Waals surface area contributed by atoms with Gasteiger partial charge in [0.05, 0.1) is 5.41 Å². The van der Waals surface area contributed by atoms with E-state index >= 15 is 0 Å². The van der Waals surface area contributed by atoms with Crippen molar-refractivity contribution in [2.24, 2.45) is 5.41 Å². The summed E-state index contributed by atoms with van der Waals surface area (Å²) < 4.78 is 0. The van der Waals surface area contributed by atoms with E-state index in [1.807, 2.05) is 30.3 Å². The molecule has 0 spiro atoms. The average Bonchev–Trinajstić information content (AvgIpc) is 3.08. The summed E-state index contributed by atoms with van der Waals surface area (Å²) >= 11 is 0. The van der Waals surface area contributed by atoms with Gasteiger partial charge in [-0.15, -0.1) is 0 Å². The molecule has 1 aromatic rings. The van der Waals surface area contributed by atoms with Crippen LogP contribution >= 0.6 is 0 Å². The summed E-state index contributed by atoms with van der Waals surface area (Å²) in [4.78, 5) is 22.3. The quantitative estimate of drug-likeness (QED) is 0.803. The van der Waals surface area contributed by atoms with E-state index in [9.17, 15) is 9.59 Å². The SMILES string of the molecule is O=C(O)CNC(=O)C1(Cc2ccccc2)CC1. The molecule has 1 fully saturated rings. The first-order chi connectivity index (χ1) is 8.12. The first kappa shape index (κ1) is 11.6. The molecule has 1 amide bonds. The van der Waals surface area contributed by atoms with Gasteiger partial charge in [-0.2, -0.15) is 0 Å². The van der Waals surface area contributed by atoms with Crippen LogP contribution in [-0.2, 0) is 16.0 Å². The van der Waals surface area contributed by atoms with Crippen molar-refractivity contribution in [3.05, 3.63) is 35.9 Å². The highest BCUT2D eigenvalue weighted by molar-refractivity contribution is 5.88. The van der Waals surface area contributed by atoms with Crippen LogP contribution in [0.25, 0.3) is 0 Å². The van der Waals surface area contributed by atoms with Gasteiger partial charge < -0.3 is 10.4 Å². The van der Waals surface area contributed by atoms with E-state index in [0.29, 0.717) is 6.42 Å². The van der Waals surface area contributed by atoms with Gasteiger partial charge in [0.15, 0.2) is 0 Å². The van der Waals surface area contributed by atoms with Gasteiger partial charge in [0.2, 0.25) is 5.91 Å². The largest absolute Gasteiger partial charge is 0.480 e. The van der Waals surface area contributed by atoms with E-state index in [0.717, 1.165) is 18.4 Å². The molecule has 2 rings (SSSR count). The Balaban J connectivity index is 1.95. The fourth-order valence-corrected chi connectivity index (χ4v) is 1.96. The molecular weight excluding hydrogens is 218 g/mol. The predicted octanol–water partition coefficient (Wildman–Crippen LogP) is 1.21. The van der Waals surface area contributed by atoms with Crippen molar-refractivity contribution in [1.29, 1.82) is 0 Å². The van der Waals surface area contributed by atoms with Crippen molar-refractivity contribution in [2.45, 2.75) is 19.3 Å². The number of carboxylic acid groups (broad SMARTS) is 1. The number of hydrogen-bond donors (Lipinski definition) is 2. The zero-order valence-corrected chi connectivity index (χ0v) is 9.48. The van der Waals surface area contributed by atoms with Crippen LogP contribution in [0.15, 0.2) is 30.3 Å². The zero-order valence-electron chi connectivity index (χ0n) is 9.48. The summed E-state index contributed by atoms with van der Waals surface area (Å²) in [5.41, 5.74) is 0.757. The zero-order chi connectivity index (χ0) is 12.3. The van der Waals surface area contributed by atoms with Gasteiger partial charge in [-0.05, 0) is 24.8 Å². The first-order valence-corrected chi connectivity index (χ1v) is 5.66. The Labute approximate surface area is 99.6 Å². The highest BCUT2D eigenvalue weighted by Gasteiger charge is 2.49. The molecule has 4 heteroatoms. The van der Waals surface area contributed by atoms with Gasteiger partial charge in [-0.1, -0.05) is 30.3 Å². The summed E-state index contributed by atoms with van der Waals surface area (Å²) in [5, 5.41) is 11.0. The van der Waals surface area contributed by atoms with Gasteiger partial charge in [0.25, 0.3) is 0 Å². The van der Waals surface area contributed by atoms with Crippen LogP contribution < -0.4 is 5.32 Å². The van der Waals surface area contributed by atoms with Crippen molar-refractivity contribution in [2.75, 3.05) is 6.54 Å². The number of nitrogens with one attached hydrogen (secondary N) is 1. The van der Waals surface area contributed by atoms with E-state index in [4.69, 9.17) is 5.11 Å². The molecule has 90 valence electrons. The molecule has 0 aliphatic heterocycles. The van der Waals surface area contributed by atoms with Crippen molar-refractivity contribution >= 4 is 11.9 Å². The molecule has 0 unspecified atom stereocenters. The van der Waals surface area contributed by atoms with Crippen molar-refractivity contribution in [1.82, 2.24) is 5.32 Å². The summed E-state index contributed by atoms with van der Waals surface area (Å²) in [7, 11) is 0. The Morgan fingerprint density at radius 3 is 2.41 bits per heavy atom. The van der Waals surface area contributed by atoms with Crippen molar-refractivity contribution in [3.63, 3.8) is 0 Å². The highest BCUT2D eigenvalue weighted by atomic mass is 16.4. The standard InChI is InChI=1S/C13H15NO3/c15-11(16)9-14-12(17)13(6-7-13)8-10-4-2-1-3-5-10/h1-5H,6-9H2,(H,14,17)(H,15,16). The second kappa shape index (κ2) is 4.57. The van der Waals surface area contributed by atoms with Crippen LogP contribution in [0.4, 0.5) is 0 Å². The van der Waals surface area contributed by atoms with Gasteiger partial charge >= 0.3 is 5.97 Å². The Morgan fingerprint density at radius 1 is 1.24 bits per heavy atom. The molecule has 1 saturated carbocycles. The monoisotopic (exact) mass is 233 g/mol. The molecule has 0 atom stereocenters. The van der Waals surface area contributed by atoms with Crippen LogP contribution in [0, 0.1) is 5.41 Å². The molecule has 0 bridgehead atoms. The molecule has 1 aliphatic carbocycles. The molecule has 1 aromatic carbocycles. The summed E-state index contributed by atoms with van der Waals surface area (Å²) in [6, 6.07) is 9.81. The van der Waals surface area contributed by atoms with Gasteiger partial charge in [0, 0.05) is 0 Å². The normalized spacial score (nSPS) is 16.2. The van der Waals surface area contributed by atoms with Gasteiger partial charge in [-0.25, -0.2) is 0 Å². The van der Waals surface area contributed by atoms with Crippen LogP contribution in [0.2, 0.25) is 0 Å². The third-order valence-electron chi connectivity index (χ3n) is 3.12. The molecule has 2 N–H and O–H groups in total. The Kier molecular flexibility index (Phi) is 3.13. The van der Waals surface area contributed by atoms with E-state index in [2.05, 4.69) is 5.32 Å². The van der Waals surface area contributed by atoms with E-state index in [1.165, 1.54) is 0 Å². The lowest BCUT2D eigenvalue weighted by atomic mass is 9.95. The number of carboxylic acids is 1. The van der Waals surface area contributed by atoms with Crippen LogP contribution in [0.5, 0.6) is 0 Å². The maximum atomic E-state index is 11.9. The fraction of sp³-hybridized carbons (Fsp3) is 0.385. The average molecular weight is 233 g/mol. The minimum absolute atomic E-state index is 0.135. The topological polar surface area (TPSA) is 66.4 Å². The highest BCUT2D eigenvalue weighted by Crippen LogP contribution is 2.48. The first-order valence-electron chi connectivity index (χ1n) is 5.66. The molecule has 0 radical (unpaired) electrons. The van der Waals surface area contributed by atoms with Crippen LogP contribution in [0.1, 0.15) is 18.4 Å². The minimum Gasteiger partial charge on any atom is -0.480 e. The number of rotatable bonds is 5. The number of carbonyl (C=O) groups is 2. The van der Waals surface area contributed by atoms with Gasteiger partial charge in [-0.3, -0.25) is 9.59 Å². The second-order valence-electron chi connectivity index (χ2n) is 4.52. The maximum Gasteiger partial charge on any atom is 0.322 e. The molecule has 0 saturated heterocycles. The number of hydrogen-bond acceptors (Lipinski definition) is 2. The fourth-order valence-electron chi connectivity index (χ4n) is 1.96. The number of amides is 1. The Bertz CT molecular complexity index is 424. The number of aliphatic carboxylic acids is 1. The summed E-state index contributed by atoms with van der Waals surface area (Å²) in [6.07, 6.45) is 2.37. The molecule has 4 nitrogen and oxygen atoms in total. The lowest BCUT2D eigenvalue weighted by Crippen LogP contribution is -2.36. The van der Waals surface area contributed by atoms with E-state index in [1.54, 1.807) is 0 Å². The van der Waals surface area contributed by atoms with E-state index < -0.39 is 5.97 Å². The number of benzene rings is 1. The Hall–Kier alpha value is -1.84. The van der Waals surface area contributed by atoms with E-state index in [-0.39, 0.29) is 17.9 Å². The molecular formula is C13H15NO3. The minimum atomic E-state index is -1.01. The molecule has 1 aliphatic rings. The summed E-state index contributed by atoms with van der Waals surface area (Å²) in [6.45, 7) is -0.296. The third-order valence-corrected chi connectivity index (χ3v) is 3.12. The van der Waals surface area contributed by atoms with Crippen LogP contribution in [0.3, 0.4) is 0 Å². The van der Waals surface area contributed by atoms with Crippen molar-refractivity contribution in [3.8, 4) is 0 Å². The Morgan fingerprint density at radius 2 is 1.88 bits per heavy atom. The predicted molar refractivity (Wildman–Crippen MR) is 62.5 cm³/mol. The maximum absolute atomic E-state index is 11.9. The lowest BCUT2D eigenvalue weighted by Gasteiger charge is -2.14. The molecule has 0 aromatic heterocycles. The van der Waals surface area contributed by atoms with Gasteiger partial charge in [0.1, 0.15) is 6.54 Å². The number of carbonyl (C=O) groups excluding carboxylic acids is 1. The van der Waals surface area contributed by atoms with Crippen LogP contribution in [-0.4, -0.2) is 23.5 Å². The summed E-state index contributed by atoms with van der Waals surface area (Å²) in [5.74, 6) is -1.14. The third kappa shape index (κ3) is 2.84. The van der Waals surface area contributed by atoms with Crippen molar-refractivity contribution < 1.29 is 14.7 Å². The molecule has 17 heavy (non-hydrogen) atoms. The smallest absolute Gasteiger partial charge is 0.322 e. The second-order valence-corrected chi connectivity index (χ2v) is 4.52. The lowest BCUT2D eigenvalue weighted by molar-refractivity contribution is -0.138.